The molecule has 2 aliphatic rings. The molecule has 0 bridgehead atoms. The third kappa shape index (κ3) is 5.57. The summed E-state index contributed by atoms with van der Waals surface area (Å²) in [4.78, 5) is 17.4. The number of carbonyl (C=O) groups is 1. The van der Waals surface area contributed by atoms with Gasteiger partial charge in [-0.15, -0.1) is 24.8 Å². The van der Waals surface area contributed by atoms with Crippen LogP contribution in [0, 0.1) is 0 Å². The van der Waals surface area contributed by atoms with E-state index in [1.807, 2.05) is 4.90 Å². The first kappa shape index (κ1) is 23.2. The summed E-state index contributed by atoms with van der Waals surface area (Å²) in [5, 5.41) is 3.31. The zero-order valence-corrected chi connectivity index (χ0v) is 17.1. The number of rotatable bonds is 5. The molecule has 1 aromatic rings. The number of hydrogen-bond donors (Lipinski definition) is 1. The maximum absolute atomic E-state index is 12.9. The molecule has 1 aromatic carbocycles. The van der Waals surface area contributed by atoms with E-state index in [1.54, 1.807) is 7.11 Å². The molecule has 0 aromatic heterocycles. The van der Waals surface area contributed by atoms with Crippen molar-refractivity contribution in [2.45, 2.75) is 24.9 Å². The number of methoxy groups -OCH3 is 1. The van der Waals surface area contributed by atoms with Crippen LogP contribution in [0.15, 0.2) is 30.3 Å². The highest BCUT2D eigenvalue weighted by atomic mass is 35.5. The normalized spacial score (nSPS) is 20.0. The molecule has 7 heteroatoms. The van der Waals surface area contributed by atoms with Gasteiger partial charge in [0.05, 0.1) is 0 Å². The standard InChI is InChI=1S/C19H29N3O2.2ClH/c1-24-19(8-10-20-11-9-19)18(23)22-15-13-21(14-16-22)12-7-17-5-3-2-4-6-17;;/h2-6,20H,7-16H2,1H3;2*1H. The highest BCUT2D eigenvalue weighted by molar-refractivity contribution is 5.86. The second-order valence-electron chi connectivity index (χ2n) is 6.82. The van der Waals surface area contributed by atoms with E-state index in [9.17, 15) is 4.79 Å². The molecular formula is C19H31Cl2N3O2. The zero-order valence-electron chi connectivity index (χ0n) is 15.5. The number of amides is 1. The fraction of sp³-hybridized carbons (Fsp3) is 0.632. The number of benzene rings is 1. The molecule has 0 spiro atoms. The Bertz CT molecular complexity index is 531. The van der Waals surface area contributed by atoms with Crippen molar-refractivity contribution in [3.63, 3.8) is 0 Å². The molecule has 0 aliphatic carbocycles. The van der Waals surface area contributed by atoms with Crippen LogP contribution in [0.4, 0.5) is 0 Å². The number of nitrogens with zero attached hydrogens (tertiary/aromatic N) is 2. The molecule has 1 amide bonds. The summed E-state index contributed by atoms with van der Waals surface area (Å²) in [6, 6.07) is 10.6. The van der Waals surface area contributed by atoms with E-state index in [-0.39, 0.29) is 30.7 Å². The first-order chi connectivity index (χ1) is 11.7. The van der Waals surface area contributed by atoms with Gasteiger partial charge in [0.15, 0.2) is 0 Å². The van der Waals surface area contributed by atoms with Gasteiger partial charge < -0.3 is 15.0 Å². The highest BCUT2D eigenvalue weighted by Crippen LogP contribution is 2.25. The Kier molecular flexibility index (Phi) is 9.90. The molecule has 0 atom stereocenters. The molecule has 2 saturated heterocycles. The van der Waals surface area contributed by atoms with Crippen LogP contribution in [0.1, 0.15) is 18.4 Å². The quantitative estimate of drug-likeness (QED) is 0.816. The second kappa shape index (κ2) is 11.1. The van der Waals surface area contributed by atoms with Crippen LogP contribution in [0.5, 0.6) is 0 Å². The molecule has 2 heterocycles. The van der Waals surface area contributed by atoms with E-state index in [4.69, 9.17) is 4.74 Å². The molecule has 0 saturated carbocycles. The largest absolute Gasteiger partial charge is 0.368 e. The minimum atomic E-state index is -0.600. The maximum atomic E-state index is 12.9. The second-order valence-corrected chi connectivity index (χ2v) is 6.82. The summed E-state index contributed by atoms with van der Waals surface area (Å²) >= 11 is 0. The Morgan fingerprint density at radius 2 is 1.69 bits per heavy atom. The van der Waals surface area contributed by atoms with Gasteiger partial charge in [0.1, 0.15) is 5.60 Å². The Balaban J connectivity index is 0.00000169. The van der Waals surface area contributed by atoms with Crippen LogP contribution >= 0.6 is 24.8 Å². The number of nitrogens with one attached hydrogen (secondary N) is 1. The molecule has 2 aliphatic heterocycles. The number of hydrogen-bond acceptors (Lipinski definition) is 4. The van der Waals surface area contributed by atoms with E-state index < -0.39 is 5.60 Å². The molecular weight excluding hydrogens is 373 g/mol. The summed E-state index contributed by atoms with van der Waals surface area (Å²) in [5.41, 5.74) is 0.779. The molecule has 0 radical (unpaired) electrons. The van der Waals surface area contributed by atoms with Gasteiger partial charge in [-0.05, 0) is 37.9 Å². The molecule has 3 rings (SSSR count). The summed E-state index contributed by atoms with van der Waals surface area (Å²) in [7, 11) is 1.68. The van der Waals surface area contributed by atoms with Crippen LogP contribution in [0.2, 0.25) is 0 Å². The van der Waals surface area contributed by atoms with Gasteiger partial charge in [0.25, 0.3) is 5.91 Å². The predicted octanol–water partition coefficient (Wildman–Crippen LogP) is 1.99. The van der Waals surface area contributed by atoms with Crippen molar-refractivity contribution in [2.75, 3.05) is 52.9 Å². The van der Waals surface area contributed by atoms with Gasteiger partial charge in [-0.2, -0.15) is 0 Å². The van der Waals surface area contributed by atoms with E-state index in [2.05, 4.69) is 40.5 Å². The van der Waals surface area contributed by atoms with Gasteiger partial charge >= 0.3 is 0 Å². The fourth-order valence-corrected chi connectivity index (χ4v) is 3.73. The molecule has 26 heavy (non-hydrogen) atoms. The number of piperazine rings is 1. The molecule has 0 unspecified atom stereocenters. The van der Waals surface area contributed by atoms with E-state index in [0.29, 0.717) is 0 Å². The first-order valence-corrected chi connectivity index (χ1v) is 9.05. The van der Waals surface area contributed by atoms with Crippen LogP contribution in [0.3, 0.4) is 0 Å². The monoisotopic (exact) mass is 403 g/mol. The molecule has 148 valence electrons. The Hall–Kier alpha value is -0.850. The minimum Gasteiger partial charge on any atom is -0.368 e. The van der Waals surface area contributed by atoms with E-state index in [1.165, 1.54) is 5.56 Å². The van der Waals surface area contributed by atoms with Crippen molar-refractivity contribution in [1.29, 1.82) is 0 Å². The van der Waals surface area contributed by atoms with Crippen molar-refractivity contribution >= 4 is 30.7 Å². The van der Waals surface area contributed by atoms with Crippen LogP contribution in [-0.4, -0.2) is 74.2 Å². The number of halogens is 2. The Morgan fingerprint density at radius 3 is 2.27 bits per heavy atom. The van der Waals surface area contributed by atoms with Gasteiger partial charge in [-0.3, -0.25) is 9.69 Å². The summed E-state index contributed by atoms with van der Waals surface area (Å²) in [6.45, 7) is 6.31. The lowest BCUT2D eigenvalue weighted by Crippen LogP contribution is -2.59. The SMILES string of the molecule is COC1(C(=O)N2CCN(CCc3ccccc3)CC2)CCNCC1.Cl.Cl. The van der Waals surface area contributed by atoms with Crippen molar-refractivity contribution in [1.82, 2.24) is 15.1 Å². The minimum absolute atomic E-state index is 0. The summed E-state index contributed by atoms with van der Waals surface area (Å²) in [6.07, 6.45) is 2.62. The van der Waals surface area contributed by atoms with Crippen molar-refractivity contribution in [3.8, 4) is 0 Å². The van der Waals surface area contributed by atoms with Crippen LogP contribution in [-0.2, 0) is 16.0 Å². The summed E-state index contributed by atoms with van der Waals surface area (Å²) in [5.74, 6) is 0.189. The Morgan fingerprint density at radius 1 is 1.08 bits per heavy atom. The zero-order chi connectivity index (χ0) is 16.8. The number of ether oxygens (including phenoxy) is 1. The molecule has 5 nitrogen and oxygen atoms in total. The average molecular weight is 404 g/mol. The number of piperidine rings is 1. The average Bonchev–Trinajstić information content (AvgIpc) is 2.67. The summed E-state index contributed by atoms with van der Waals surface area (Å²) < 4.78 is 5.68. The van der Waals surface area contributed by atoms with E-state index in [0.717, 1.165) is 65.1 Å². The Labute approximate surface area is 169 Å². The third-order valence-electron chi connectivity index (χ3n) is 5.41. The fourth-order valence-electron chi connectivity index (χ4n) is 3.73. The highest BCUT2D eigenvalue weighted by Gasteiger charge is 2.42. The predicted molar refractivity (Wildman–Crippen MR) is 110 cm³/mol. The van der Waals surface area contributed by atoms with Crippen LogP contribution in [0.25, 0.3) is 0 Å². The van der Waals surface area contributed by atoms with Gasteiger partial charge in [0.2, 0.25) is 0 Å². The maximum Gasteiger partial charge on any atom is 0.254 e. The lowest BCUT2D eigenvalue weighted by molar-refractivity contribution is -0.160. The van der Waals surface area contributed by atoms with Crippen LogP contribution < -0.4 is 5.32 Å². The number of carbonyl (C=O) groups excluding carboxylic acids is 1. The van der Waals surface area contributed by atoms with Crippen molar-refractivity contribution in [2.24, 2.45) is 0 Å². The van der Waals surface area contributed by atoms with Crippen molar-refractivity contribution < 1.29 is 9.53 Å². The van der Waals surface area contributed by atoms with E-state index >= 15 is 0 Å². The molecule has 2 fully saturated rings. The third-order valence-corrected chi connectivity index (χ3v) is 5.41. The van der Waals surface area contributed by atoms with Gasteiger partial charge in [-0.25, -0.2) is 0 Å². The first-order valence-electron chi connectivity index (χ1n) is 9.05. The van der Waals surface area contributed by atoms with Crippen molar-refractivity contribution in [3.05, 3.63) is 35.9 Å². The van der Waals surface area contributed by atoms with Gasteiger partial charge in [0, 0.05) is 39.8 Å². The van der Waals surface area contributed by atoms with Gasteiger partial charge in [-0.1, -0.05) is 30.3 Å². The topological polar surface area (TPSA) is 44.8 Å². The lowest BCUT2D eigenvalue weighted by atomic mass is 9.90. The lowest BCUT2D eigenvalue weighted by Gasteiger charge is -2.42. The molecule has 1 N–H and O–H groups in total. The smallest absolute Gasteiger partial charge is 0.254 e.